The minimum atomic E-state index is -0.815. The van der Waals surface area contributed by atoms with Crippen LogP contribution in [0.4, 0.5) is 10.1 Å². The molecule has 0 saturated carbocycles. The van der Waals surface area contributed by atoms with Gasteiger partial charge in [-0.3, -0.25) is 9.59 Å². The molecular weight excluding hydrogens is 261 g/mol. The lowest BCUT2D eigenvalue weighted by Crippen LogP contribution is -2.14. The topological polar surface area (TPSA) is 66.4 Å². The van der Waals surface area contributed by atoms with Crippen LogP contribution >= 0.6 is 0 Å². The number of benzene rings is 2. The Kier molecular flexibility index (Phi) is 3.79. The van der Waals surface area contributed by atoms with Crippen LogP contribution in [0.2, 0.25) is 0 Å². The Morgan fingerprint density at radius 1 is 1.15 bits per heavy atom. The van der Waals surface area contributed by atoms with Crippen LogP contribution in [0, 0.1) is 5.82 Å². The predicted octanol–water partition coefficient (Wildman–Crippen LogP) is 2.99. The lowest BCUT2D eigenvalue weighted by Gasteiger charge is -2.08. The summed E-state index contributed by atoms with van der Waals surface area (Å²) >= 11 is 0. The maximum atomic E-state index is 13.5. The van der Waals surface area contributed by atoms with Crippen molar-refractivity contribution in [3.8, 4) is 5.75 Å². The molecule has 0 spiro atoms. The maximum Gasteiger partial charge on any atom is 0.262 e. The maximum absolute atomic E-state index is 13.5. The highest BCUT2D eigenvalue weighted by Gasteiger charge is 2.16. The number of phenols is 1. The summed E-state index contributed by atoms with van der Waals surface area (Å²) in [5, 5.41) is 12.0. The molecule has 0 unspecified atom stereocenters. The molecule has 0 aliphatic carbocycles. The first-order valence-corrected chi connectivity index (χ1v) is 5.89. The zero-order valence-electron chi connectivity index (χ0n) is 10.7. The summed E-state index contributed by atoms with van der Waals surface area (Å²) in [7, 11) is 0. The smallest absolute Gasteiger partial charge is 0.262 e. The molecule has 0 bridgehead atoms. The van der Waals surface area contributed by atoms with E-state index in [1.807, 2.05) is 0 Å². The molecule has 4 nitrogen and oxygen atoms in total. The van der Waals surface area contributed by atoms with Crippen molar-refractivity contribution in [2.75, 3.05) is 5.32 Å². The molecule has 2 rings (SSSR count). The van der Waals surface area contributed by atoms with Gasteiger partial charge < -0.3 is 10.4 Å². The second-order valence-corrected chi connectivity index (χ2v) is 4.23. The van der Waals surface area contributed by atoms with Gasteiger partial charge in [0.25, 0.3) is 5.91 Å². The number of carbonyl (C=O) groups excluding carboxylic acids is 2. The largest absolute Gasteiger partial charge is 0.507 e. The summed E-state index contributed by atoms with van der Waals surface area (Å²) in [5.41, 5.74) is 0.353. The van der Waals surface area contributed by atoms with E-state index >= 15 is 0 Å². The predicted molar refractivity (Wildman–Crippen MR) is 72.5 cm³/mol. The van der Waals surface area contributed by atoms with Crippen molar-refractivity contribution < 1.29 is 19.1 Å². The second-order valence-electron chi connectivity index (χ2n) is 4.23. The van der Waals surface area contributed by atoms with Gasteiger partial charge in [0, 0.05) is 11.3 Å². The van der Waals surface area contributed by atoms with Gasteiger partial charge in [0.2, 0.25) is 0 Å². The Morgan fingerprint density at radius 3 is 2.50 bits per heavy atom. The van der Waals surface area contributed by atoms with Crippen LogP contribution in [0.5, 0.6) is 5.75 Å². The number of hydrogen-bond donors (Lipinski definition) is 2. The molecule has 0 aliphatic rings. The molecule has 0 aliphatic heterocycles. The third-order valence-corrected chi connectivity index (χ3v) is 2.75. The Bertz CT molecular complexity index is 662. The minimum Gasteiger partial charge on any atom is -0.507 e. The number of phenolic OH excluding ortho intramolecular Hbond substituents is 1. The van der Waals surface area contributed by atoms with E-state index < -0.39 is 23.0 Å². The van der Waals surface area contributed by atoms with Gasteiger partial charge in [-0.15, -0.1) is 0 Å². The number of halogens is 1. The van der Waals surface area contributed by atoms with E-state index in [1.165, 1.54) is 25.1 Å². The van der Waals surface area contributed by atoms with Gasteiger partial charge in [-0.1, -0.05) is 18.2 Å². The number of amides is 1. The molecule has 2 aromatic carbocycles. The Morgan fingerprint density at radius 2 is 1.85 bits per heavy atom. The molecule has 0 radical (unpaired) electrons. The van der Waals surface area contributed by atoms with Gasteiger partial charge in [-0.25, -0.2) is 4.39 Å². The second kappa shape index (κ2) is 5.52. The Balaban J connectivity index is 2.28. The highest BCUT2D eigenvalue weighted by molar-refractivity contribution is 6.07. The number of aromatic hydroxyl groups is 1. The average Bonchev–Trinajstić information content (AvgIpc) is 2.38. The molecular formula is C15H12FNO3. The molecule has 0 atom stereocenters. The van der Waals surface area contributed by atoms with Crippen LogP contribution < -0.4 is 5.32 Å². The average molecular weight is 273 g/mol. The van der Waals surface area contributed by atoms with Crippen molar-refractivity contribution >= 4 is 17.4 Å². The highest BCUT2D eigenvalue weighted by Crippen LogP contribution is 2.21. The number of anilines is 1. The van der Waals surface area contributed by atoms with Gasteiger partial charge in [0.05, 0.1) is 0 Å². The number of Topliss-reactive ketones (excluding diaryl/α,β-unsaturated/α-hetero) is 1. The first-order chi connectivity index (χ1) is 9.49. The number of hydrogen-bond acceptors (Lipinski definition) is 3. The normalized spacial score (nSPS) is 10.1. The summed E-state index contributed by atoms with van der Waals surface area (Å²) < 4.78 is 13.5. The monoisotopic (exact) mass is 273 g/mol. The molecule has 0 saturated heterocycles. The third-order valence-electron chi connectivity index (χ3n) is 2.75. The lowest BCUT2D eigenvalue weighted by molar-refractivity contribution is 0.100. The highest BCUT2D eigenvalue weighted by atomic mass is 19.1. The Hall–Kier alpha value is -2.69. The first-order valence-electron chi connectivity index (χ1n) is 5.89. The molecule has 0 heterocycles. The van der Waals surface area contributed by atoms with E-state index in [-0.39, 0.29) is 5.78 Å². The fourth-order valence-electron chi connectivity index (χ4n) is 1.75. The van der Waals surface area contributed by atoms with Crippen LogP contribution in [0.15, 0.2) is 42.5 Å². The molecule has 2 N–H and O–H groups in total. The van der Waals surface area contributed by atoms with Crippen molar-refractivity contribution in [3.05, 3.63) is 59.4 Å². The first kappa shape index (κ1) is 13.7. The third kappa shape index (κ3) is 2.83. The van der Waals surface area contributed by atoms with Crippen molar-refractivity contribution in [1.82, 2.24) is 0 Å². The van der Waals surface area contributed by atoms with E-state index in [4.69, 9.17) is 0 Å². The summed E-state index contributed by atoms with van der Waals surface area (Å²) in [4.78, 5) is 23.2. The summed E-state index contributed by atoms with van der Waals surface area (Å²) in [6, 6.07) is 9.88. The molecule has 0 fully saturated rings. The quantitative estimate of drug-likeness (QED) is 0.845. The summed E-state index contributed by atoms with van der Waals surface area (Å²) in [5.74, 6) is -2.17. The van der Waals surface area contributed by atoms with E-state index in [0.717, 1.165) is 6.07 Å². The number of carbonyl (C=O) groups is 2. The summed E-state index contributed by atoms with van der Waals surface area (Å²) in [6.07, 6.45) is 0. The fourth-order valence-corrected chi connectivity index (χ4v) is 1.75. The van der Waals surface area contributed by atoms with Gasteiger partial charge in [-0.2, -0.15) is 0 Å². The van der Waals surface area contributed by atoms with Crippen LogP contribution in [0.25, 0.3) is 0 Å². The molecule has 20 heavy (non-hydrogen) atoms. The number of nitrogens with one attached hydrogen (secondary N) is 1. The van der Waals surface area contributed by atoms with Gasteiger partial charge in [0.15, 0.2) is 5.78 Å². The van der Waals surface area contributed by atoms with Crippen molar-refractivity contribution in [1.29, 1.82) is 0 Å². The van der Waals surface area contributed by atoms with Gasteiger partial charge in [0.1, 0.15) is 17.1 Å². The molecule has 102 valence electrons. The lowest BCUT2D eigenvalue weighted by atomic mass is 10.1. The molecule has 1 amide bonds. The van der Waals surface area contributed by atoms with E-state index in [9.17, 15) is 19.1 Å². The number of ketones is 1. The van der Waals surface area contributed by atoms with E-state index in [0.29, 0.717) is 11.3 Å². The standard InChI is InChI=1S/C15H12FNO3/c1-9(18)10-4-2-5-11(8-10)17-15(20)14-12(16)6-3-7-13(14)19/h2-8,19H,1H3,(H,17,20). The van der Waals surface area contributed by atoms with Crippen molar-refractivity contribution in [2.24, 2.45) is 0 Å². The molecule has 2 aromatic rings. The van der Waals surface area contributed by atoms with Crippen LogP contribution in [0.3, 0.4) is 0 Å². The minimum absolute atomic E-state index is 0.144. The zero-order valence-corrected chi connectivity index (χ0v) is 10.7. The zero-order chi connectivity index (χ0) is 14.7. The summed E-state index contributed by atoms with van der Waals surface area (Å²) in [6.45, 7) is 1.41. The molecule has 5 heteroatoms. The number of rotatable bonds is 3. The van der Waals surface area contributed by atoms with E-state index in [2.05, 4.69) is 5.32 Å². The van der Waals surface area contributed by atoms with Crippen molar-refractivity contribution in [2.45, 2.75) is 6.92 Å². The fraction of sp³-hybridized carbons (Fsp3) is 0.0667. The van der Waals surface area contributed by atoms with Gasteiger partial charge in [-0.05, 0) is 31.2 Å². The Labute approximate surface area is 114 Å². The van der Waals surface area contributed by atoms with Gasteiger partial charge >= 0.3 is 0 Å². The van der Waals surface area contributed by atoms with Crippen LogP contribution in [-0.4, -0.2) is 16.8 Å². The van der Waals surface area contributed by atoms with Crippen LogP contribution in [-0.2, 0) is 0 Å². The van der Waals surface area contributed by atoms with Crippen molar-refractivity contribution in [3.63, 3.8) is 0 Å². The molecule has 0 aromatic heterocycles. The van der Waals surface area contributed by atoms with Crippen LogP contribution in [0.1, 0.15) is 27.6 Å². The van der Waals surface area contributed by atoms with E-state index in [1.54, 1.807) is 18.2 Å². The SMILES string of the molecule is CC(=O)c1cccc(NC(=O)c2c(O)cccc2F)c1.